The van der Waals surface area contributed by atoms with Crippen molar-refractivity contribution in [1.29, 1.82) is 0 Å². The molecular formula is C26H26BrClN2O5. The van der Waals surface area contributed by atoms with E-state index in [1.165, 1.54) is 7.11 Å². The quantitative estimate of drug-likeness (QED) is 0.308. The second kappa shape index (κ2) is 12.0. The van der Waals surface area contributed by atoms with E-state index in [0.717, 1.165) is 4.47 Å². The van der Waals surface area contributed by atoms with Crippen molar-refractivity contribution < 1.29 is 23.8 Å². The van der Waals surface area contributed by atoms with Crippen molar-refractivity contribution in [3.63, 3.8) is 0 Å². The second-order valence-electron chi connectivity index (χ2n) is 7.51. The highest BCUT2D eigenvalue weighted by molar-refractivity contribution is 9.10. The highest BCUT2D eigenvalue weighted by Gasteiger charge is 2.51. The minimum Gasteiger partial charge on any atom is -0.497 e. The average Bonchev–Trinajstić information content (AvgIpc) is 2.87. The van der Waals surface area contributed by atoms with Gasteiger partial charge in [0.15, 0.2) is 5.54 Å². The van der Waals surface area contributed by atoms with E-state index in [1.54, 1.807) is 50.4 Å². The van der Waals surface area contributed by atoms with E-state index < -0.39 is 23.6 Å². The van der Waals surface area contributed by atoms with Gasteiger partial charge in [-0.25, -0.2) is 9.59 Å². The normalized spacial score (nSPS) is 13.2. The van der Waals surface area contributed by atoms with E-state index in [2.05, 4.69) is 26.6 Å². The van der Waals surface area contributed by atoms with Crippen molar-refractivity contribution in [2.75, 3.05) is 26.1 Å². The Kier molecular flexibility index (Phi) is 9.01. The molecule has 0 fully saturated rings. The third-order valence-electron chi connectivity index (χ3n) is 5.42. The smallest absolute Gasteiger partial charge is 0.408 e. The van der Waals surface area contributed by atoms with Gasteiger partial charge in [0.2, 0.25) is 0 Å². The van der Waals surface area contributed by atoms with Crippen molar-refractivity contribution in [1.82, 2.24) is 5.32 Å². The molecule has 0 spiro atoms. The largest absolute Gasteiger partial charge is 0.497 e. The molecule has 3 aromatic rings. The summed E-state index contributed by atoms with van der Waals surface area (Å²) in [5.41, 5.74) is 0.128. The predicted octanol–water partition coefficient (Wildman–Crippen LogP) is 6.08. The lowest BCUT2D eigenvalue weighted by Crippen LogP contribution is -2.58. The number of anilines is 1. The minimum absolute atomic E-state index is 0.124. The van der Waals surface area contributed by atoms with Crippen LogP contribution in [0.5, 0.6) is 5.75 Å². The molecule has 0 saturated carbocycles. The number of halogens is 2. The zero-order chi connectivity index (χ0) is 25.4. The van der Waals surface area contributed by atoms with Gasteiger partial charge in [-0.2, -0.15) is 0 Å². The maximum Gasteiger partial charge on any atom is 0.408 e. The molecule has 3 aromatic carbocycles. The number of nitrogens with one attached hydrogen (secondary N) is 2. The van der Waals surface area contributed by atoms with Gasteiger partial charge in [0.05, 0.1) is 26.9 Å². The summed E-state index contributed by atoms with van der Waals surface area (Å²) in [5, 5.41) is 6.68. The molecule has 184 valence electrons. The highest BCUT2D eigenvalue weighted by Crippen LogP contribution is 2.40. The van der Waals surface area contributed by atoms with Gasteiger partial charge in [-0.15, -0.1) is 0 Å². The number of ether oxygens (including phenoxy) is 3. The first-order valence-electron chi connectivity index (χ1n) is 10.8. The number of esters is 1. The second-order valence-corrected chi connectivity index (χ2v) is 8.86. The van der Waals surface area contributed by atoms with Crippen molar-refractivity contribution >= 4 is 45.3 Å². The summed E-state index contributed by atoms with van der Waals surface area (Å²) in [5.74, 6) is -0.0147. The van der Waals surface area contributed by atoms with Crippen molar-refractivity contribution in [3.05, 3.63) is 93.4 Å². The topological polar surface area (TPSA) is 85.9 Å². The molecule has 3 rings (SSSR count). The first kappa shape index (κ1) is 26.4. The average molecular weight is 562 g/mol. The van der Waals surface area contributed by atoms with Gasteiger partial charge in [-0.1, -0.05) is 51.8 Å². The third kappa shape index (κ3) is 6.07. The summed E-state index contributed by atoms with van der Waals surface area (Å²) in [7, 11) is 2.85. The van der Waals surface area contributed by atoms with E-state index in [-0.39, 0.29) is 6.61 Å². The third-order valence-corrected chi connectivity index (χ3v) is 6.20. The van der Waals surface area contributed by atoms with Gasteiger partial charge < -0.3 is 19.5 Å². The zero-order valence-electron chi connectivity index (χ0n) is 19.5. The molecule has 0 aromatic heterocycles. The van der Waals surface area contributed by atoms with E-state index in [1.807, 2.05) is 36.4 Å². The summed E-state index contributed by atoms with van der Waals surface area (Å²) in [6.45, 7) is 1.81. The van der Waals surface area contributed by atoms with E-state index in [0.29, 0.717) is 27.6 Å². The maximum atomic E-state index is 13.6. The van der Waals surface area contributed by atoms with Gasteiger partial charge in [0, 0.05) is 15.2 Å². The predicted molar refractivity (Wildman–Crippen MR) is 139 cm³/mol. The molecule has 0 aliphatic rings. The summed E-state index contributed by atoms with van der Waals surface area (Å²) in [6, 6.07) is 20.5. The van der Waals surface area contributed by atoms with Crippen molar-refractivity contribution in [3.8, 4) is 5.75 Å². The molecule has 1 amide bonds. The van der Waals surface area contributed by atoms with Gasteiger partial charge >= 0.3 is 12.1 Å². The number of hydrogen-bond donors (Lipinski definition) is 2. The van der Waals surface area contributed by atoms with Crippen LogP contribution in [0.25, 0.3) is 0 Å². The van der Waals surface area contributed by atoms with Crippen LogP contribution in [0.1, 0.15) is 24.1 Å². The van der Waals surface area contributed by atoms with Crippen molar-refractivity contribution in [2.45, 2.75) is 18.5 Å². The molecule has 35 heavy (non-hydrogen) atoms. The first-order chi connectivity index (χ1) is 16.8. The molecular weight excluding hydrogens is 536 g/mol. The lowest BCUT2D eigenvalue weighted by atomic mass is 9.78. The number of rotatable bonds is 9. The Hall–Kier alpha value is -3.23. The van der Waals surface area contributed by atoms with E-state index in [9.17, 15) is 9.59 Å². The van der Waals surface area contributed by atoms with Crippen LogP contribution in [0.2, 0.25) is 5.02 Å². The Morgan fingerprint density at radius 2 is 1.60 bits per heavy atom. The number of methoxy groups -OCH3 is 2. The fourth-order valence-electron chi connectivity index (χ4n) is 3.75. The van der Waals surface area contributed by atoms with E-state index >= 15 is 0 Å². The molecule has 0 bridgehead atoms. The number of benzene rings is 3. The number of carbonyl (C=O) groups is 2. The number of hydrogen-bond acceptors (Lipinski definition) is 6. The van der Waals surface area contributed by atoms with Gasteiger partial charge in [0.25, 0.3) is 0 Å². The molecule has 0 aliphatic heterocycles. The fraction of sp³-hybridized carbons (Fsp3) is 0.231. The Morgan fingerprint density at radius 1 is 0.971 bits per heavy atom. The monoisotopic (exact) mass is 560 g/mol. The van der Waals surface area contributed by atoms with Gasteiger partial charge in [0.1, 0.15) is 5.75 Å². The summed E-state index contributed by atoms with van der Waals surface area (Å²) in [4.78, 5) is 26.5. The number of alkyl carbamates (subject to hydrolysis) is 1. The zero-order valence-corrected chi connectivity index (χ0v) is 21.9. The summed E-state index contributed by atoms with van der Waals surface area (Å²) >= 11 is 9.60. The lowest BCUT2D eigenvalue weighted by Gasteiger charge is -2.40. The molecule has 9 heteroatoms. The molecule has 7 nitrogen and oxygen atoms in total. The van der Waals surface area contributed by atoms with Crippen LogP contribution in [-0.2, 0) is 19.8 Å². The summed E-state index contributed by atoms with van der Waals surface area (Å²) < 4.78 is 16.6. The standard InChI is InChI=1S/C26H26BrClN2O5/c1-4-35-25(32)30-26(24(31)34-3,18-7-11-20(28)12-8-18)23(17-5-9-19(27)10-6-17)29-21-13-15-22(33-2)16-14-21/h5-16,23,29H,4H2,1-3H3,(H,30,32). The molecule has 0 aliphatic carbocycles. The first-order valence-corrected chi connectivity index (χ1v) is 12.0. The van der Waals surface area contributed by atoms with Crippen LogP contribution in [0.15, 0.2) is 77.3 Å². The molecule has 2 unspecified atom stereocenters. The van der Waals surface area contributed by atoms with Crippen molar-refractivity contribution in [2.24, 2.45) is 0 Å². The van der Waals surface area contributed by atoms with Crippen LogP contribution in [-0.4, -0.2) is 32.9 Å². The van der Waals surface area contributed by atoms with E-state index in [4.69, 9.17) is 25.8 Å². The molecule has 0 heterocycles. The van der Waals surface area contributed by atoms with Crippen LogP contribution in [0, 0.1) is 0 Å². The molecule has 2 N–H and O–H groups in total. The summed E-state index contributed by atoms with van der Waals surface area (Å²) in [6.07, 6.45) is -0.772. The molecule has 0 saturated heterocycles. The molecule has 0 radical (unpaired) electrons. The Morgan fingerprint density at radius 3 is 2.14 bits per heavy atom. The number of carbonyl (C=O) groups excluding carboxylic acids is 2. The maximum absolute atomic E-state index is 13.6. The minimum atomic E-state index is -1.72. The lowest BCUT2D eigenvalue weighted by molar-refractivity contribution is -0.149. The Balaban J connectivity index is 2.26. The van der Waals surface area contributed by atoms with Gasteiger partial charge in [-0.05, 0) is 66.6 Å². The van der Waals surface area contributed by atoms with Gasteiger partial charge in [-0.3, -0.25) is 5.32 Å². The van der Waals surface area contributed by atoms with Crippen LogP contribution in [0.3, 0.4) is 0 Å². The Bertz CT molecular complexity index is 1140. The fourth-order valence-corrected chi connectivity index (χ4v) is 4.14. The number of amides is 1. The highest BCUT2D eigenvalue weighted by atomic mass is 79.9. The van der Waals surface area contributed by atoms with Crippen LogP contribution >= 0.6 is 27.5 Å². The molecule has 2 atom stereocenters. The Labute approximate surface area is 217 Å². The van der Waals surface area contributed by atoms with Crippen LogP contribution < -0.4 is 15.4 Å². The SMILES string of the molecule is CCOC(=O)NC(C(=O)OC)(c1ccc(Cl)cc1)C(Nc1ccc(OC)cc1)c1ccc(Br)cc1. The van der Waals surface area contributed by atoms with Crippen LogP contribution in [0.4, 0.5) is 10.5 Å².